The summed E-state index contributed by atoms with van der Waals surface area (Å²) >= 11 is 0. The van der Waals surface area contributed by atoms with E-state index in [1.807, 2.05) is 0 Å². The second-order valence-electron chi connectivity index (χ2n) is 4.41. The van der Waals surface area contributed by atoms with E-state index >= 15 is 0 Å². The first-order valence-corrected chi connectivity index (χ1v) is 5.76. The standard InChI is InChI=1S/C11H22O3/c12-10-8-6-4-2-1-3-5-7-9-11(10,13)14/h10,12-14H,1-9H2. The van der Waals surface area contributed by atoms with Crippen molar-refractivity contribution in [2.75, 3.05) is 0 Å². The zero-order valence-corrected chi connectivity index (χ0v) is 8.78. The summed E-state index contributed by atoms with van der Waals surface area (Å²) in [5, 5.41) is 28.7. The molecule has 0 amide bonds. The molecule has 0 aromatic rings. The van der Waals surface area contributed by atoms with Gasteiger partial charge in [0.25, 0.3) is 0 Å². The Labute approximate surface area is 85.8 Å². The van der Waals surface area contributed by atoms with Crippen molar-refractivity contribution in [3.63, 3.8) is 0 Å². The molecule has 0 aromatic carbocycles. The summed E-state index contributed by atoms with van der Waals surface area (Å²) in [6.07, 6.45) is 7.27. The van der Waals surface area contributed by atoms with Gasteiger partial charge in [0.2, 0.25) is 0 Å². The predicted octanol–water partition coefficient (Wildman–Crippen LogP) is 1.55. The maximum atomic E-state index is 9.56. The molecule has 3 N–H and O–H groups in total. The highest BCUT2D eigenvalue weighted by Gasteiger charge is 2.31. The van der Waals surface area contributed by atoms with Crippen molar-refractivity contribution in [3.05, 3.63) is 0 Å². The Bertz CT molecular complexity index is 157. The molecule has 0 aliphatic heterocycles. The summed E-state index contributed by atoms with van der Waals surface area (Å²) in [5.41, 5.74) is 0. The zero-order valence-electron chi connectivity index (χ0n) is 8.78. The maximum Gasteiger partial charge on any atom is 0.189 e. The van der Waals surface area contributed by atoms with Crippen LogP contribution in [-0.4, -0.2) is 27.2 Å². The van der Waals surface area contributed by atoms with Crippen molar-refractivity contribution in [1.29, 1.82) is 0 Å². The van der Waals surface area contributed by atoms with E-state index in [1.165, 1.54) is 19.3 Å². The van der Waals surface area contributed by atoms with Gasteiger partial charge in [-0.3, -0.25) is 0 Å². The van der Waals surface area contributed by atoms with Crippen molar-refractivity contribution in [2.24, 2.45) is 0 Å². The quantitative estimate of drug-likeness (QED) is 0.522. The lowest BCUT2D eigenvalue weighted by atomic mass is 9.99. The molecule has 0 radical (unpaired) electrons. The Morgan fingerprint density at radius 1 is 0.786 bits per heavy atom. The smallest absolute Gasteiger partial charge is 0.189 e. The summed E-state index contributed by atoms with van der Waals surface area (Å²) in [4.78, 5) is 0. The van der Waals surface area contributed by atoms with E-state index < -0.39 is 11.9 Å². The molecule has 0 aromatic heterocycles. The second kappa shape index (κ2) is 5.69. The van der Waals surface area contributed by atoms with Crippen LogP contribution in [0.3, 0.4) is 0 Å². The lowest BCUT2D eigenvalue weighted by molar-refractivity contribution is -0.230. The predicted molar refractivity (Wildman–Crippen MR) is 54.7 cm³/mol. The summed E-state index contributed by atoms with van der Waals surface area (Å²) in [6, 6.07) is 0. The van der Waals surface area contributed by atoms with Gasteiger partial charge in [0, 0.05) is 6.42 Å². The fourth-order valence-corrected chi connectivity index (χ4v) is 2.00. The molecule has 1 atom stereocenters. The van der Waals surface area contributed by atoms with E-state index in [0.717, 1.165) is 25.7 Å². The van der Waals surface area contributed by atoms with Gasteiger partial charge in [-0.25, -0.2) is 0 Å². The van der Waals surface area contributed by atoms with Gasteiger partial charge in [0.15, 0.2) is 5.79 Å². The van der Waals surface area contributed by atoms with Crippen LogP contribution in [-0.2, 0) is 0 Å². The lowest BCUT2D eigenvalue weighted by Crippen LogP contribution is -2.42. The van der Waals surface area contributed by atoms with Gasteiger partial charge in [-0.15, -0.1) is 0 Å². The van der Waals surface area contributed by atoms with E-state index in [2.05, 4.69) is 0 Å². The molecule has 3 heteroatoms. The van der Waals surface area contributed by atoms with Crippen molar-refractivity contribution in [2.45, 2.75) is 69.7 Å². The Morgan fingerprint density at radius 3 is 1.93 bits per heavy atom. The average Bonchev–Trinajstić information content (AvgIpc) is 2.16. The van der Waals surface area contributed by atoms with Crippen LogP contribution >= 0.6 is 0 Å². The molecule has 84 valence electrons. The summed E-state index contributed by atoms with van der Waals surface area (Å²) in [7, 11) is 0. The molecule has 1 aliphatic carbocycles. The monoisotopic (exact) mass is 202 g/mol. The average molecular weight is 202 g/mol. The van der Waals surface area contributed by atoms with Crippen molar-refractivity contribution in [1.82, 2.24) is 0 Å². The van der Waals surface area contributed by atoms with Crippen LogP contribution in [0.15, 0.2) is 0 Å². The highest BCUT2D eigenvalue weighted by molar-refractivity contribution is 4.75. The van der Waals surface area contributed by atoms with Gasteiger partial charge >= 0.3 is 0 Å². The lowest BCUT2D eigenvalue weighted by Gasteiger charge is -2.27. The van der Waals surface area contributed by atoms with Gasteiger partial charge in [-0.05, 0) is 12.8 Å². The van der Waals surface area contributed by atoms with Crippen molar-refractivity contribution < 1.29 is 15.3 Å². The van der Waals surface area contributed by atoms with E-state index in [9.17, 15) is 15.3 Å². The van der Waals surface area contributed by atoms with Crippen LogP contribution in [0.25, 0.3) is 0 Å². The molecule has 1 rings (SSSR count). The van der Waals surface area contributed by atoms with E-state index in [4.69, 9.17) is 0 Å². The van der Waals surface area contributed by atoms with Gasteiger partial charge in [-0.1, -0.05) is 38.5 Å². The molecule has 1 saturated carbocycles. The number of rotatable bonds is 0. The van der Waals surface area contributed by atoms with Gasteiger partial charge in [0.1, 0.15) is 6.10 Å². The Morgan fingerprint density at radius 2 is 1.29 bits per heavy atom. The number of aliphatic hydroxyl groups is 3. The molecule has 1 aliphatic rings. The van der Waals surface area contributed by atoms with Gasteiger partial charge in [0.05, 0.1) is 0 Å². The Kier molecular flexibility index (Phi) is 4.85. The molecule has 1 fully saturated rings. The number of hydrogen-bond acceptors (Lipinski definition) is 3. The van der Waals surface area contributed by atoms with Crippen LogP contribution < -0.4 is 0 Å². The first-order chi connectivity index (χ1) is 6.63. The molecule has 0 bridgehead atoms. The maximum absolute atomic E-state index is 9.56. The van der Waals surface area contributed by atoms with Crippen LogP contribution in [0.5, 0.6) is 0 Å². The van der Waals surface area contributed by atoms with Gasteiger partial charge < -0.3 is 15.3 Å². The number of hydrogen-bond donors (Lipinski definition) is 3. The molecule has 3 nitrogen and oxygen atoms in total. The minimum Gasteiger partial charge on any atom is -0.388 e. The third kappa shape index (κ3) is 3.95. The number of aliphatic hydroxyl groups excluding tert-OH is 1. The van der Waals surface area contributed by atoms with Crippen LogP contribution in [0.2, 0.25) is 0 Å². The van der Waals surface area contributed by atoms with E-state index in [0.29, 0.717) is 12.8 Å². The highest BCUT2D eigenvalue weighted by atomic mass is 16.5. The summed E-state index contributed by atoms with van der Waals surface area (Å²) in [6.45, 7) is 0. The molecule has 1 unspecified atom stereocenters. The third-order valence-corrected chi connectivity index (χ3v) is 3.06. The minimum atomic E-state index is -1.86. The Hall–Kier alpha value is -0.120. The molecule has 0 heterocycles. The van der Waals surface area contributed by atoms with Crippen molar-refractivity contribution >= 4 is 0 Å². The summed E-state index contributed by atoms with van der Waals surface area (Å²) < 4.78 is 0. The van der Waals surface area contributed by atoms with Gasteiger partial charge in [-0.2, -0.15) is 0 Å². The summed E-state index contributed by atoms with van der Waals surface area (Å²) in [5.74, 6) is -1.86. The third-order valence-electron chi connectivity index (χ3n) is 3.06. The molecular formula is C11H22O3. The second-order valence-corrected chi connectivity index (χ2v) is 4.41. The largest absolute Gasteiger partial charge is 0.388 e. The fraction of sp³-hybridized carbons (Fsp3) is 1.00. The SMILES string of the molecule is OC1CCCCCCCCCC1(O)O. The van der Waals surface area contributed by atoms with E-state index in [-0.39, 0.29) is 0 Å². The van der Waals surface area contributed by atoms with Crippen LogP contribution in [0.4, 0.5) is 0 Å². The first kappa shape index (κ1) is 12.0. The first-order valence-electron chi connectivity index (χ1n) is 5.76. The Balaban J connectivity index is 2.42. The molecule has 0 saturated heterocycles. The molecule has 0 spiro atoms. The fourth-order valence-electron chi connectivity index (χ4n) is 2.00. The minimum absolute atomic E-state index is 0.300. The van der Waals surface area contributed by atoms with Crippen LogP contribution in [0.1, 0.15) is 57.8 Å². The molecular weight excluding hydrogens is 180 g/mol. The van der Waals surface area contributed by atoms with Crippen molar-refractivity contribution in [3.8, 4) is 0 Å². The zero-order chi connectivity index (χ0) is 10.4. The highest BCUT2D eigenvalue weighted by Crippen LogP contribution is 2.22. The topological polar surface area (TPSA) is 60.7 Å². The molecule has 14 heavy (non-hydrogen) atoms. The van der Waals surface area contributed by atoms with E-state index in [1.54, 1.807) is 0 Å². The normalized spacial score (nSPS) is 30.6. The van der Waals surface area contributed by atoms with Crippen LogP contribution in [0, 0.1) is 0 Å².